The smallest absolute Gasteiger partial charge is 0.176 e. The van der Waals surface area contributed by atoms with Gasteiger partial charge in [0.2, 0.25) is 0 Å². The second-order valence-electron chi connectivity index (χ2n) is 4.89. The molecule has 0 aliphatic carbocycles. The Bertz CT molecular complexity index is 380. The van der Waals surface area contributed by atoms with Crippen molar-refractivity contribution < 1.29 is 9.18 Å². The largest absolute Gasteiger partial charge is 0.296 e. The fourth-order valence-corrected chi connectivity index (χ4v) is 2.15. The minimum Gasteiger partial charge on any atom is -0.296 e. The monoisotopic (exact) mass is 235 g/mol. The molecule has 0 spiro atoms. The number of benzene rings is 1. The first kappa shape index (κ1) is 12.2. The van der Waals surface area contributed by atoms with E-state index in [0.29, 0.717) is 12.1 Å². The molecule has 0 saturated carbocycles. The van der Waals surface area contributed by atoms with E-state index < -0.39 is 0 Å². The average molecular weight is 235 g/mol. The maximum Gasteiger partial charge on any atom is 0.176 e. The number of hydrogen-bond acceptors (Lipinski definition) is 2. The predicted molar refractivity (Wildman–Crippen MR) is 65.6 cm³/mol. The van der Waals surface area contributed by atoms with E-state index in [2.05, 4.69) is 11.8 Å². The minimum absolute atomic E-state index is 0.0829. The topological polar surface area (TPSA) is 20.3 Å². The molecule has 1 fully saturated rings. The number of hydrogen-bond donors (Lipinski definition) is 0. The highest BCUT2D eigenvalue weighted by Crippen LogP contribution is 2.16. The number of piperidine rings is 1. The van der Waals surface area contributed by atoms with Crippen LogP contribution in [0.4, 0.5) is 4.39 Å². The zero-order valence-corrected chi connectivity index (χ0v) is 10.2. The summed E-state index contributed by atoms with van der Waals surface area (Å²) < 4.78 is 12.7. The summed E-state index contributed by atoms with van der Waals surface area (Å²) in [6, 6.07) is 5.80. The lowest BCUT2D eigenvalue weighted by Crippen LogP contribution is -2.36. The molecule has 17 heavy (non-hydrogen) atoms. The Kier molecular flexibility index (Phi) is 3.89. The van der Waals surface area contributed by atoms with Gasteiger partial charge in [-0.1, -0.05) is 6.92 Å². The Morgan fingerprint density at radius 3 is 2.47 bits per heavy atom. The van der Waals surface area contributed by atoms with E-state index in [1.54, 1.807) is 12.1 Å². The first-order valence-corrected chi connectivity index (χ1v) is 6.16. The van der Waals surface area contributed by atoms with Gasteiger partial charge in [-0.25, -0.2) is 4.39 Å². The molecule has 1 aromatic carbocycles. The molecule has 2 nitrogen and oxygen atoms in total. The molecule has 0 bridgehead atoms. The molecule has 1 aliphatic rings. The molecule has 92 valence electrons. The van der Waals surface area contributed by atoms with Crippen molar-refractivity contribution in [2.45, 2.75) is 19.8 Å². The number of ketones is 1. The highest BCUT2D eigenvalue weighted by molar-refractivity contribution is 5.97. The van der Waals surface area contributed by atoms with Gasteiger partial charge in [-0.3, -0.25) is 9.69 Å². The van der Waals surface area contributed by atoms with Gasteiger partial charge < -0.3 is 0 Å². The van der Waals surface area contributed by atoms with Crippen LogP contribution in [0.2, 0.25) is 0 Å². The zero-order chi connectivity index (χ0) is 12.3. The van der Waals surface area contributed by atoms with Gasteiger partial charge in [0, 0.05) is 5.56 Å². The number of carbonyl (C=O) groups excluding carboxylic acids is 1. The van der Waals surface area contributed by atoms with E-state index in [9.17, 15) is 9.18 Å². The molecule has 0 amide bonds. The second kappa shape index (κ2) is 5.41. The van der Waals surface area contributed by atoms with E-state index in [4.69, 9.17) is 0 Å². The Labute approximate surface area is 101 Å². The quantitative estimate of drug-likeness (QED) is 0.751. The summed E-state index contributed by atoms with van der Waals surface area (Å²) in [5.74, 6) is 0.556. The molecular weight excluding hydrogens is 217 g/mol. The minimum atomic E-state index is -0.298. The van der Waals surface area contributed by atoms with Crippen LogP contribution in [0.1, 0.15) is 30.1 Å². The van der Waals surface area contributed by atoms with Crippen molar-refractivity contribution in [2.75, 3.05) is 19.6 Å². The summed E-state index contributed by atoms with van der Waals surface area (Å²) in [6.07, 6.45) is 2.33. The first-order chi connectivity index (χ1) is 8.15. The average Bonchev–Trinajstić information content (AvgIpc) is 2.33. The third-order valence-corrected chi connectivity index (χ3v) is 3.41. The van der Waals surface area contributed by atoms with E-state index in [1.807, 2.05) is 0 Å². The van der Waals surface area contributed by atoms with Crippen LogP contribution in [-0.2, 0) is 0 Å². The van der Waals surface area contributed by atoms with Gasteiger partial charge in [-0.15, -0.1) is 0 Å². The number of likely N-dealkylation sites (tertiary alicyclic amines) is 1. The molecule has 3 heteroatoms. The van der Waals surface area contributed by atoms with Gasteiger partial charge in [0.05, 0.1) is 6.54 Å². The normalized spacial score (nSPS) is 18.2. The SMILES string of the molecule is CC1CCN(CC(=O)c2ccc(F)cc2)CC1. The maximum absolute atomic E-state index is 12.7. The Hall–Kier alpha value is -1.22. The van der Waals surface area contributed by atoms with Crippen LogP contribution in [-0.4, -0.2) is 30.3 Å². The Balaban J connectivity index is 1.91. The third-order valence-electron chi connectivity index (χ3n) is 3.41. The maximum atomic E-state index is 12.7. The number of rotatable bonds is 3. The van der Waals surface area contributed by atoms with E-state index >= 15 is 0 Å². The van der Waals surface area contributed by atoms with Crippen LogP contribution in [0.15, 0.2) is 24.3 Å². The molecule has 1 aromatic rings. The van der Waals surface area contributed by atoms with Crippen molar-refractivity contribution in [1.29, 1.82) is 0 Å². The van der Waals surface area contributed by atoms with Crippen LogP contribution in [0.3, 0.4) is 0 Å². The number of nitrogens with zero attached hydrogens (tertiary/aromatic N) is 1. The number of carbonyl (C=O) groups is 1. The van der Waals surface area contributed by atoms with Gasteiger partial charge in [-0.2, -0.15) is 0 Å². The molecular formula is C14H18FNO. The lowest BCUT2D eigenvalue weighted by Gasteiger charge is -2.29. The summed E-state index contributed by atoms with van der Waals surface area (Å²) in [4.78, 5) is 14.1. The van der Waals surface area contributed by atoms with Crippen molar-refractivity contribution in [1.82, 2.24) is 4.90 Å². The highest BCUT2D eigenvalue weighted by Gasteiger charge is 2.18. The molecule has 2 rings (SSSR count). The molecule has 1 saturated heterocycles. The van der Waals surface area contributed by atoms with E-state index in [1.165, 1.54) is 12.1 Å². The van der Waals surface area contributed by atoms with Gasteiger partial charge in [0.1, 0.15) is 5.82 Å². The summed E-state index contributed by atoms with van der Waals surface area (Å²) in [6.45, 7) is 4.69. The predicted octanol–water partition coefficient (Wildman–Crippen LogP) is 2.74. The number of Topliss-reactive ketones (excluding diaryl/α,β-unsaturated/α-hetero) is 1. The van der Waals surface area contributed by atoms with Crippen LogP contribution < -0.4 is 0 Å². The lowest BCUT2D eigenvalue weighted by molar-refractivity contribution is 0.0900. The second-order valence-corrected chi connectivity index (χ2v) is 4.89. The zero-order valence-electron chi connectivity index (χ0n) is 10.2. The fraction of sp³-hybridized carbons (Fsp3) is 0.500. The van der Waals surface area contributed by atoms with Gasteiger partial charge in [0.25, 0.3) is 0 Å². The summed E-state index contributed by atoms with van der Waals surface area (Å²) >= 11 is 0. The molecule has 0 atom stereocenters. The first-order valence-electron chi connectivity index (χ1n) is 6.16. The van der Waals surface area contributed by atoms with Crippen molar-refractivity contribution in [3.05, 3.63) is 35.6 Å². The molecule has 0 aromatic heterocycles. The lowest BCUT2D eigenvalue weighted by atomic mass is 9.99. The number of halogens is 1. The van der Waals surface area contributed by atoms with Gasteiger partial charge in [0.15, 0.2) is 5.78 Å². The molecule has 1 heterocycles. The van der Waals surface area contributed by atoms with Crippen molar-refractivity contribution in [3.63, 3.8) is 0 Å². The Morgan fingerprint density at radius 2 is 1.88 bits per heavy atom. The molecule has 0 N–H and O–H groups in total. The summed E-state index contributed by atoms with van der Waals surface area (Å²) in [5.41, 5.74) is 0.602. The molecule has 1 aliphatic heterocycles. The van der Waals surface area contributed by atoms with Crippen LogP contribution >= 0.6 is 0 Å². The van der Waals surface area contributed by atoms with Gasteiger partial charge in [-0.05, 0) is 56.1 Å². The Morgan fingerprint density at radius 1 is 1.29 bits per heavy atom. The van der Waals surface area contributed by atoms with Crippen LogP contribution in [0, 0.1) is 11.7 Å². The highest BCUT2D eigenvalue weighted by atomic mass is 19.1. The molecule has 0 unspecified atom stereocenters. The summed E-state index contributed by atoms with van der Waals surface area (Å²) in [7, 11) is 0. The van der Waals surface area contributed by atoms with Crippen LogP contribution in [0.25, 0.3) is 0 Å². The van der Waals surface area contributed by atoms with Gasteiger partial charge >= 0.3 is 0 Å². The van der Waals surface area contributed by atoms with Crippen molar-refractivity contribution >= 4 is 5.78 Å². The summed E-state index contributed by atoms with van der Waals surface area (Å²) in [5, 5.41) is 0. The van der Waals surface area contributed by atoms with E-state index in [0.717, 1.165) is 31.8 Å². The van der Waals surface area contributed by atoms with E-state index in [-0.39, 0.29) is 11.6 Å². The molecule has 0 radical (unpaired) electrons. The fourth-order valence-electron chi connectivity index (χ4n) is 2.15. The van der Waals surface area contributed by atoms with Crippen molar-refractivity contribution in [3.8, 4) is 0 Å². The van der Waals surface area contributed by atoms with Crippen molar-refractivity contribution in [2.24, 2.45) is 5.92 Å². The van der Waals surface area contributed by atoms with Crippen LogP contribution in [0.5, 0.6) is 0 Å². The standard InChI is InChI=1S/C14H18FNO/c1-11-6-8-16(9-7-11)10-14(17)12-2-4-13(15)5-3-12/h2-5,11H,6-10H2,1H3. The third kappa shape index (κ3) is 3.37.